The second kappa shape index (κ2) is 4.31. The number of aromatic nitrogens is 2. The molecule has 0 radical (unpaired) electrons. The zero-order valence-electron chi connectivity index (χ0n) is 9.47. The van der Waals surface area contributed by atoms with Crippen LogP contribution in [0.3, 0.4) is 0 Å². The lowest BCUT2D eigenvalue weighted by Crippen LogP contribution is -2.10. The maximum absolute atomic E-state index is 12.0. The zero-order valence-corrected chi connectivity index (χ0v) is 9.47. The van der Waals surface area contributed by atoms with Gasteiger partial charge in [0.25, 0.3) is 0 Å². The van der Waals surface area contributed by atoms with E-state index in [-0.39, 0.29) is 5.78 Å². The molecule has 0 N–H and O–H groups in total. The van der Waals surface area contributed by atoms with Gasteiger partial charge in [-0.3, -0.25) is 4.79 Å². The molecule has 0 saturated heterocycles. The van der Waals surface area contributed by atoms with E-state index in [1.54, 1.807) is 23.3 Å². The third-order valence-electron chi connectivity index (χ3n) is 2.58. The van der Waals surface area contributed by atoms with Crippen LogP contribution >= 0.6 is 0 Å². The molecule has 0 saturated carbocycles. The molecule has 16 heavy (non-hydrogen) atoms. The van der Waals surface area contributed by atoms with Crippen LogP contribution in [0.2, 0.25) is 0 Å². The molecule has 0 spiro atoms. The van der Waals surface area contributed by atoms with E-state index in [1.165, 1.54) is 0 Å². The molecule has 82 valence electrons. The molecule has 3 nitrogen and oxygen atoms in total. The number of aryl methyl sites for hydroxylation is 2. The quantitative estimate of drug-likeness (QED) is 0.735. The summed E-state index contributed by atoms with van der Waals surface area (Å²) in [6.07, 6.45) is 5.13. The van der Waals surface area contributed by atoms with Crippen LogP contribution in [0.1, 0.15) is 21.5 Å². The van der Waals surface area contributed by atoms with Crippen LogP contribution in [-0.4, -0.2) is 15.3 Å². The molecule has 0 aliphatic rings. The molecule has 1 heterocycles. The maximum Gasteiger partial charge on any atom is 0.182 e. The molecular weight excluding hydrogens is 200 g/mol. The molecule has 1 aromatic carbocycles. The standard InChI is InChI=1S/C13H14N2O/c1-10-3-4-11(2)12(7-10)13(16)8-15-6-5-14-9-15/h3-7,9H,8H2,1-2H3. The number of Topliss-reactive ketones (excluding diaryl/α,β-unsaturated/α-hetero) is 1. The fourth-order valence-electron chi connectivity index (χ4n) is 1.67. The number of hydrogen-bond acceptors (Lipinski definition) is 2. The highest BCUT2D eigenvalue weighted by Gasteiger charge is 2.09. The number of nitrogens with zero attached hydrogens (tertiary/aromatic N) is 2. The fourth-order valence-corrected chi connectivity index (χ4v) is 1.67. The Hall–Kier alpha value is -1.90. The van der Waals surface area contributed by atoms with Crippen LogP contribution in [0.5, 0.6) is 0 Å². The third-order valence-corrected chi connectivity index (χ3v) is 2.58. The fraction of sp³-hybridized carbons (Fsp3) is 0.231. The highest BCUT2D eigenvalue weighted by atomic mass is 16.1. The molecule has 1 aromatic heterocycles. The Bertz CT molecular complexity index is 501. The van der Waals surface area contributed by atoms with Gasteiger partial charge >= 0.3 is 0 Å². The highest BCUT2D eigenvalue weighted by Crippen LogP contribution is 2.12. The number of rotatable bonds is 3. The SMILES string of the molecule is Cc1ccc(C)c(C(=O)Cn2ccnc2)c1. The van der Waals surface area contributed by atoms with Gasteiger partial charge in [-0.1, -0.05) is 17.7 Å². The number of carbonyl (C=O) groups is 1. The lowest BCUT2D eigenvalue weighted by atomic mass is 10.0. The molecule has 0 amide bonds. The topological polar surface area (TPSA) is 34.9 Å². The highest BCUT2D eigenvalue weighted by molar-refractivity contribution is 5.97. The summed E-state index contributed by atoms with van der Waals surface area (Å²) in [5.41, 5.74) is 2.93. The largest absolute Gasteiger partial charge is 0.330 e. The molecule has 0 bridgehead atoms. The van der Waals surface area contributed by atoms with Crippen molar-refractivity contribution in [1.82, 2.24) is 9.55 Å². The number of hydrogen-bond donors (Lipinski definition) is 0. The van der Waals surface area contributed by atoms with Crippen molar-refractivity contribution < 1.29 is 4.79 Å². The first kappa shape index (κ1) is 10.6. The minimum Gasteiger partial charge on any atom is -0.330 e. The number of carbonyl (C=O) groups excluding carboxylic acids is 1. The molecule has 0 atom stereocenters. The van der Waals surface area contributed by atoms with Crippen molar-refractivity contribution in [2.24, 2.45) is 0 Å². The van der Waals surface area contributed by atoms with Gasteiger partial charge in [-0.15, -0.1) is 0 Å². The van der Waals surface area contributed by atoms with Gasteiger partial charge in [-0.05, 0) is 25.5 Å². The van der Waals surface area contributed by atoms with E-state index in [4.69, 9.17) is 0 Å². The lowest BCUT2D eigenvalue weighted by Gasteiger charge is -2.06. The normalized spacial score (nSPS) is 10.4. The number of benzene rings is 1. The molecule has 0 unspecified atom stereocenters. The Morgan fingerprint density at radius 3 is 2.88 bits per heavy atom. The molecule has 0 fully saturated rings. The monoisotopic (exact) mass is 214 g/mol. The van der Waals surface area contributed by atoms with Crippen LogP contribution in [0.15, 0.2) is 36.9 Å². The average molecular weight is 214 g/mol. The Morgan fingerprint density at radius 1 is 1.38 bits per heavy atom. The first-order chi connectivity index (χ1) is 7.66. The summed E-state index contributed by atoms with van der Waals surface area (Å²) in [5, 5.41) is 0. The lowest BCUT2D eigenvalue weighted by molar-refractivity contribution is 0.0971. The van der Waals surface area contributed by atoms with Crippen LogP contribution in [-0.2, 0) is 6.54 Å². The van der Waals surface area contributed by atoms with Gasteiger partial charge in [0.15, 0.2) is 5.78 Å². The van der Waals surface area contributed by atoms with Gasteiger partial charge in [-0.2, -0.15) is 0 Å². The summed E-state index contributed by atoms with van der Waals surface area (Å²) < 4.78 is 1.78. The summed E-state index contributed by atoms with van der Waals surface area (Å²) >= 11 is 0. The predicted molar refractivity (Wildman–Crippen MR) is 62.5 cm³/mol. The van der Waals surface area contributed by atoms with Gasteiger partial charge in [0.1, 0.15) is 0 Å². The van der Waals surface area contributed by atoms with Crippen LogP contribution < -0.4 is 0 Å². The predicted octanol–water partition coefficient (Wildman–Crippen LogP) is 2.38. The molecular formula is C13H14N2O. The van der Waals surface area contributed by atoms with Crippen molar-refractivity contribution in [3.05, 3.63) is 53.6 Å². The van der Waals surface area contributed by atoms with Crippen molar-refractivity contribution >= 4 is 5.78 Å². The van der Waals surface area contributed by atoms with Crippen molar-refractivity contribution in [3.8, 4) is 0 Å². The first-order valence-corrected chi connectivity index (χ1v) is 5.23. The summed E-state index contributed by atoms with van der Waals surface area (Å²) in [6, 6.07) is 5.94. The Morgan fingerprint density at radius 2 is 2.19 bits per heavy atom. The zero-order chi connectivity index (χ0) is 11.5. The van der Waals surface area contributed by atoms with Gasteiger partial charge in [-0.25, -0.2) is 4.98 Å². The van der Waals surface area contributed by atoms with Gasteiger partial charge < -0.3 is 4.57 Å². The van der Waals surface area contributed by atoms with E-state index < -0.39 is 0 Å². The van der Waals surface area contributed by atoms with E-state index in [1.807, 2.05) is 32.0 Å². The summed E-state index contributed by atoms with van der Waals surface area (Å²) in [5.74, 6) is 0.124. The summed E-state index contributed by atoms with van der Waals surface area (Å²) in [4.78, 5) is 16.0. The van der Waals surface area contributed by atoms with E-state index >= 15 is 0 Å². The number of imidazole rings is 1. The Labute approximate surface area is 94.7 Å². The van der Waals surface area contributed by atoms with Crippen molar-refractivity contribution in [2.45, 2.75) is 20.4 Å². The maximum atomic E-state index is 12.0. The molecule has 2 rings (SSSR count). The Balaban J connectivity index is 2.24. The third kappa shape index (κ3) is 2.19. The van der Waals surface area contributed by atoms with Gasteiger partial charge in [0, 0.05) is 18.0 Å². The average Bonchev–Trinajstić information content (AvgIpc) is 2.74. The molecule has 3 heteroatoms. The molecule has 0 aliphatic carbocycles. The van der Waals surface area contributed by atoms with Crippen LogP contribution in [0.25, 0.3) is 0 Å². The minimum atomic E-state index is 0.124. The van der Waals surface area contributed by atoms with E-state index in [2.05, 4.69) is 4.98 Å². The minimum absolute atomic E-state index is 0.124. The van der Waals surface area contributed by atoms with E-state index in [0.29, 0.717) is 6.54 Å². The van der Waals surface area contributed by atoms with Crippen LogP contribution in [0.4, 0.5) is 0 Å². The van der Waals surface area contributed by atoms with Crippen molar-refractivity contribution in [3.63, 3.8) is 0 Å². The number of ketones is 1. The van der Waals surface area contributed by atoms with Crippen LogP contribution in [0, 0.1) is 13.8 Å². The Kier molecular flexibility index (Phi) is 2.86. The smallest absolute Gasteiger partial charge is 0.182 e. The summed E-state index contributed by atoms with van der Waals surface area (Å²) in [7, 11) is 0. The second-order valence-electron chi connectivity index (χ2n) is 3.98. The first-order valence-electron chi connectivity index (χ1n) is 5.23. The second-order valence-corrected chi connectivity index (χ2v) is 3.98. The van der Waals surface area contributed by atoms with Gasteiger partial charge in [0.2, 0.25) is 0 Å². The van der Waals surface area contributed by atoms with E-state index in [9.17, 15) is 4.79 Å². The van der Waals surface area contributed by atoms with Gasteiger partial charge in [0.05, 0.1) is 12.9 Å². The summed E-state index contributed by atoms with van der Waals surface area (Å²) in [6.45, 7) is 4.30. The molecule has 0 aliphatic heterocycles. The molecule has 2 aromatic rings. The van der Waals surface area contributed by atoms with E-state index in [0.717, 1.165) is 16.7 Å². The van der Waals surface area contributed by atoms with Crippen molar-refractivity contribution in [1.29, 1.82) is 0 Å². The van der Waals surface area contributed by atoms with Crippen molar-refractivity contribution in [2.75, 3.05) is 0 Å².